The molecular formula is C22H22N4O6S. The molecule has 1 aromatic heterocycles. The molecule has 2 aromatic rings. The highest BCUT2D eigenvalue weighted by molar-refractivity contribution is 7.89. The third-order valence-electron chi connectivity index (χ3n) is 5.39. The van der Waals surface area contributed by atoms with Crippen LogP contribution >= 0.6 is 0 Å². The summed E-state index contributed by atoms with van der Waals surface area (Å²) in [6.45, 7) is 2.51. The van der Waals surface area contributed by atoms with Gasteiger partial charge in [-0.2, -0.15) is 5.26 Å². The average Bonchev–Trinajstić information content (AvgIpc) is 3.01. The van der Waals surface area contributed by atoms with Crippen molar-refractivity contribution in [2.75, 3.05) is 25.1 Å². The van der Waals surface area contributed by atoms with E-state index in [0.29, 0.717) is 24.5 Å². The fraction of sp³-hybridized carbons (Fsp3) is 0.364. The fourth-order valence-electron chi connectivity index (χ4n) is 3.43. The zero-order valence-corrected chi connectivity index (χ0v) is 18.8. The van der Waals surface area contributed by atoms with Crippen molar-refractivity contribution >= 4 is 21.6 Å². The van der Waals surface area contributed by atoms with Crippen molar-refractivity contribution in [3.05, 3.63) is 41.2 Å². The van der Waals surface area contributed by atoms with Gasteiger partial charge in [-0.25, -0.2) is 13.1 Å². The number of aryl methyl sites for hydroxylation is 2. The predicted molar refractivity (Wildman–Crippen MR) is 117 cm³/mol. The molecule has 1 amide bonds. The van der Waals surface area contributed by atoms with Crippen LogP contribution < -0.4 is 14.8 Å². The Hall–Kier alpha value is -3.35. The molecule has 4 rings (SSSR count). The van der Waals surface area contributed by atoms with Crippen LogP contribution in [0.5, 0.6) is 5.75 Å². The first kappa shape index (κ1) is 22.8. The van der Waals surface area contributed by atoms with E-state index in [1.807, 2.05) is 0 Å². The van der Waals surface area contributed by atoms with Crippen LogP contribution in [0, 0.1) is 36.0 Å². The summed E-state index contributed by atoms with van der Waals surface area (Å²) in [5.74, 6) is 4.78. The Morgan fingerprint density at radius 3 is 2.79 bits per heavy atom. The quantitative estimate of drug-likeness (QED) is 0.555. The molecule has 2 aliphatic rings. The maximum absolute atomic E-state index is 13.0. The van der Waals surface area contributed by atoms with Crippen LogP contribution in [-0.4, -0.2) is 56.0 Å². The molecule has 3 N–H and O–H groups in total. The van der Waals surface area contributed by atoms with E-state index in [2.05, 4.69) is 27.9 Å². The van der Waals surface area contributed by atoms with Gasteiger partial charge < -0.3 is 24.5 Å². The number of benzene rings is 1. The monoisotopic (exact) mass is 470 g/mol. The Balaban J connectivity index is 1.59. The van der Waals surface area contributed by atoms with E-state index in [4.69, 9.17) is 9.47 Å². The lowest BCUT2D eigenvalue weighted by atomic mass is 10.1. The van der Waals surface area contributed by atoms with E-state index in [1.54, 1.807) is 19.1 Å². The van der Waals surface area contributed by atoms with Gasteiger partial charge in [0.05, 0.1) is 36.8 Å². The van der Waals surface area contributed by atoms with Gasteiger partial charge in [0.25, 0.3) is 5.91 Å². The smallest absolute Gasteiger partial charge is 0.276 e. The van der Waals surface area contributed by atoms with Gasteiger partial charge in [-0.15, -0.1) is 0 Å². The summed E-state index contributed by atoms with van der Waals surface area (Å²) < 4.78 is 40.4. The molecular weight excluding hydrogens is 448 g/mol. The minimum absolute atomic E-state index is 0.0118. The van der Waals surface area contributed by atoms with Crippen LogP contribution in [0.4, 0.5) is 5.69 Å². The number of ether oxygens (including phenoxy) is 2. The maximum Gasteiger partial charge on any atom is 0.276 e. The zero-order chi connectivity index (χ0) is 23.8. The van der Waals surface area contributed by atoms with Crippen molar-refractivity contribution in [1.29, 1.82) is 5.26 Å². The van der Waals surface area contributed by atoms with E-state index in [9.17, 15) is 23.6 Å². The number of nitriles is 1. The molecule has 2 atom stereocenters. The Morgan fingerprint density at radius 1 is 1.36 bits per heavy atom. The van der Waals surface area contributed by atoms with Crippen molar-refractivity contribution in [2.45, 2.75) is 24.0 Å². The third kappa shape index (κ3) is 4.58. The highest BCUT2D eigenvalue weighted by Crippen LogP contribution is 2.33. The number of hydrogen-bond acceptors (Lipinski definition) is 7. The summed E-state index contributed by atoms with van der Waals surface area (Å²) in [6, 6.07) is 5.91. The number of sulfonamides is 1. The highest BCUT2D eigenvalue weighted by Gasteiger charge is 2.36. The van der Waals surface area contributed by atoms with E-state index in [1.165, 1.54) is 23.9 Å². The standard InChI is InChI=1S/C22H22N4O6S/c1-13-3-5-16(7-15(13)8-23)24-22(28)20-21-19(9-26(20)2)33(29,30)25-17(12-32-21)18(27)6-4-14-10-31-11-14/h3,5,7,9,14,17-18,25,27H,10-12H2,1-2H3,(H,24,28). The molecule has 33 heavy (non-hydrogen) atoms. The second kappa shape index (κ2) is 8.89. The average molecular weight is 471 g/mol. The number of nitrogens with zero attached hydrogens (tertiary/aromatic N) is 2. The van der Waals surface area contributed by atoms with Gasteiger partial charge in [-0.3, -0.25) is 4.79 Å². The fourth-order valence-corrected chi connectivity index (χ4v) is 4.85. The molecule has 0 spiro atoms. The molecule has 0 aliphatic carbocycles. The molecule has 1 aromatic carbocycles. The second-order valence-electron chi connectivity index (χ2n) is 7.88. The summed E-state index contributed by atoms with van der Waals surface area (Å²) >= 11 is 0. The number of hydrogen-bond donors (Lipinski definition) is 3. The van der Waals surface area contributed by atoms with Gasteiger partial charge in [-0.1, -0.05) is 17.9 Å². The van der Waals surface area contributed by atoms with Gasteiger partial charge in [0, 0.05) is 18.9 Å². The molecule has 0 saturated carbocycles. The first-order valence-electron chi connectivity index (χ1n) is 10.1. The lowest BCUT2D eigenvalue weighted by molar-refractivity contribution is -0.00323. The zero-order valence-electron chi connectivity index (χ0n) is 18.0. The number of fused-ring (bicyclic) bond motifs is 1. The van der Waals surface area contributed by atoms with Crippen LogP contribution in [-0.2, 0) is 21.8 Å². The van der Waals surface area contributed by atoms with Gasteiger partial charge in [-0.05, 0) is 24.6 Å². The number of aromatic nitrogens is 1. The summed E-state index contributed by atoms with van der Waals surface area (Å²) in [7, 11) is -2.57. The second-order valence-corrected chi connectivity index (χ2v) is 9.57. The number of nitrogens with one attached hydrogen (secondary N) is 2. The number of anilines is 1. The van der Waals surface area contributed by atoms with Crippen LogP contribution in [0.2, 0.25) is 0 Å². The van der Waals surface area contributed by atoms with Crippen LogP contribution in [0.15, 0.2) is 29.3 Å². The summed E-state index contributed by atoms with van der Waals surface area (Å²) in [5.41, 5.74) is 1.55. The summed E-state index contributed by atoms with van der Waals surface area (Å²) in [5, 5.41) is 22.3. The number of aliphatic hydroxyl groups is 1. The molecule has 3 heterocycles. The molecule has 0 radical (unpaired) electrons. The van der Waals surface area contributed by atoms with Crippen molar-refractivity contribution in [3.8, 4) is 23.7 Å². The highest BCUT2D eigenvalue weighted by atomic mass is 32.2. The maximum atomic E-state index is 13.0. The minimum Gasteiger partial charge on any atom is -0.488 e. The largest absolute Gasteiger partial charge is 0.488 e. The van der Waals surface area contributed by atoms with Gasteiger partial charge in [0.1, 0.15) is 17.6 Å². The predicted octanol–water partition coefficient (Wildman–Crippen LogP) is 0.508. The molecule has 1 saturated heterocycles. The first-order valence-corrected chi connectivity index (χ1v) is 11.6. The Labute approximate surface area is 191 Å². The lowest BCUT2D eigenvalue weighted by Crippen LogP contribution is -2.45. The van der Waals surface area contributed by atoms with Gasteiger partial charge in [0.15, 0.2) is 11.4 Å². The molecule has 2 unspecified atom stereocenters. The molecule has 2 aliphatic heterocycles. The molecule has 0 bridgehead atoms. The minimum atomic E-state index is -4.10. The Kier molecular flexibility index (Phi) is 6.15. The summed E-state index contributed by atoms with van der Waals surface area (Å²) in [6.07, 6.45) is -0.0263. The van der Waals surface area contributed by atoms with E-state index < -0.39 is 28.1 Å². The molecule has 11 heteroatoms. The van der Waals surface area contributed by atoms with E-state index >= 15 is 0 Å². The summed E-state index contributed by atoms with van der Waals surface area (Å²) in [4.78, 5) is 12.8. The third-order valence-corrected chi connectivity index (χ3v) is 6.87. The molecule has 1 fully saturated rings. The SMILES string of the molecule is Cc1ccc(NC(=O)c2c3c(cn2C)S(=O)(=O)NC(C(O)C#CC2COC2)CO3)cc1C#N. The Morgan fingerprint density at radius 2 is 2.12 bits per heavy atom. The van der Waals surface area contributed by atoms with Crippen molar-refractivity contribution < 1.29 is 27.8 Å². The first-order chi connectivity index (χ1) is 15.7. The number of amides is 1. The molecule has 10 nitrogen and oxygen atoms in total. The number of carbonyl (C=O) groups is 1. The number of aliphatic hydroxyl groups excluding tert-OH is 1. The van der Waals surface area contributed by atoms with E-state index in [0.717, 1.165) is 5.56 Å². The Bertz CT molecular complexity index is 1310. The van der Waals surface area contributed by atoms with Gasteiger partial charge in [0.2, 0.25) is 10.0 Å². The molecule has 172 valence electrons. The van der Waals surface area contributed by atoms with Crippen LogP contribution in [0.3, 0.4) is 0 Å². The number of rotatable bonds is 3. The van der Waals surface area contributed by atoms with E-state index in [-0.39, 0.29) is 28.9 Å². The van der Waals surface area contributed by atoms with Crippen molar-refractivity contribution in [3.63, 3.8) is 0 Å². The topological polar surface area (TPSA) is 143 Å². The van der Waals surface area contributed by atoms with Crippen LogP contribution in [0.25, 0.3) is 0 Å². The van der Waals surface area contributed by atoms with Gasteiger partial charge >= 0.3 is 0 Å². The number of carbonyl (C=O) groups excluding carboxylic acids is 1. The normalized spacial score (nSPS) is 20.0. The lowest BCUT2D eigenvalue weighted by Gasteiger charge is -2.21. The van der Waals surface area contributed by atoms with Crippen molar-refractivity contribution in [2.24, 2.45) is 13.0 Å². The van der Waals surface area contributed by atoms with Crippen molar-refractivity contribution in [1.82, 2.24) is 9.29 Å². The van der Waals surface area contributed by atoms with Crippen LogP contribution in [0.1, 0.15) is 21.6 Å².